The highest BCUT2D eigenvalue weighted by Crippen LogP contribution is 2.22. The maximum absolute atomic E-state index is 12.9. The molecular weight excluding hydrogens is 354 g/mol. The number of carbonyl (C=O) groups is 1. The Balaban J connectivity index is 3.03. The number of halogens is 4. The number of rotatable bonds is 7. The summed E-state index contributed by atoms with van der Waals surface area (Å²) in [6.45, 7) is -1.31. The van der Waals surface area contributed by atoms with E-state index >= 15 is 0 Å². The fraction of sp³-hybridized carbons (Fsp3) is 0.385. The van der Waals surface area contributed by atoms with Gasteiger partial charge in [0.1, 0.15) is 22.5 Å². The molecule has 1 amide bonds. The van der Waals surface area contributed by atoms with E-state index in [9.17, 15) is 31.7 Å². The number of nitrogens with one attached hydrogen (secondary N) is 1. The van der Waals surface area contributed by atoms with Crippen LogP contribution in [0.4, 0.5) is 17.6 Å². The molecule has 1 unspecified atom stereocenters. The van der Waals surface area contributed by atoms with Crippen LogP contribution in [-0.2, 0) is 14.5 Å². The minimum atomic E-state index is -3.58. The molecule has 24 heavy (non-hydrogen) atoms. The van der Waals surface area contributed by atoms with E-state index in [4.69, 9.17) is 5.26 Å². The summed E-state index contributed by atoms with van der Waals surface area (Å²) in [6, 6.07) is 1.46. The summed E-state index contributed by atoms with van der Waals surface area (Å²) in [7, 11) is -3.58. The second-order valence-electron chi connectivity index (χ2n) is 4.52. The number of amides is 1. The molecule has 0 aliphatic carbocycles. The number of nitrogens with zero attached hydrogens (tertiary/aromatic N) is 2. The van der Waals surface area contributed by atoms with E-state index in [-0.39, 0.29) is 10.5 Å². The lowest BCUT2D eigenvalue weighted by atomic mass is 10.0. The Bertz CT molecular complexity index is 727. The van der Waals surface area contributed by atoms with Crippen molar-refractivity contribution in [2.75, 3.05) is 12.7 Å². The van der Waals surface area contributed by atoms with Gasteiger partial charge in [0, 0.05) is 0 Å². The number of benzene rings is 1. The monoisotopic (exact) mass is 367 g/mol. The predicted octanol–water partition coefficient (Wildman–Crippen LogP) is 1.67. The van der Waals surface area contributed by atoms with Gasteiger partial charge in [0.25, 0.3) is 5.91 Å². The highest BCUT2D eigenvalue weighted by atomic mass is 32.2. The Hall–Kier alpha value is -2.19. The summed E-state index contributed by atoms with van der Waals surface area (Å²) in [5.74, 6) is -1.73. The number of alkyl halides is 4. The van der Waals surface area contributed by atoms with Gasteiger partial charge in [-0.1, -0.05) is 12.1 Å². The van der Waals surface area contributed by atoms with Crippen LogP contribution in [0.2, 0.25) is 0 Å². The lowest BCUT2D eigenvalue weighted by Crippen LogP contribution is -2.43. The number of aliphatic hydroxyl groups is 1. The number of aliphatic hydroxyl groups excluding tert-OH is 1. The minimum absolute atomic E-state index is 0.00790. The maximum Gasteiger partial charge on any atom is 0.315 e. The third-order valence-corrected chi connectivity index (χ3v) is 4.68. The fourth-order valence-corrected chi connectivity index (χ4v) is 2.74. The molecule has 132 valence electrons. The zero-order chi connectivity index (χ0) is 18.3. The van der Waals surface area contributed by atoms with Gasteiger partial charge >= 0.3 is 6.43 Å². The van der Waals surface area contributed by atoms with Crippen LogP contribution in [0.15, 0.2) is 33.5 Å². The fourth-order valence-electron chi connectivity index (χ4n) is 1.76. The quantitative estimate of drug-likeness (QED) is 0.565. The third-order valence-electron chi connectivity index (χ3n) is 3.00. The van der Waals surface area contributed by atoms with Gasteiger partial charge in [0.2, 0.25) is 6.19 Å². The number of nitriles is 1. The van der Waals surface area contributed by atoms with E-state index in [2.05, 4.69) is 4.36 Å². The van der Waals surface area contributed by atoms with Gasteiger partial charge in [-0.25, -0.2) is 13.0 Å². The SMILES string of the molecule is N#CN=S(=O)(CF)c1ccc([C@H](O)[C@H](CF)NC(=O)C(F)F)cc1. The minimum Gasteiger partial charge on any atom is -0.386 e. The van der Waals surface area contributed by atoms with Crippen molar-refractivity contribution in [3.8, 4) is 6.19 Å². The summed E-state index contributed by atoms with van der Waals surface area (Å²) in [6.07, 6.45) is -3.78. The second kappa shape index (κ2) is 8.60. The first-order valence-corrected chi connectivity index (χ1v) is 8.09. The summed E-state index contributed by atoms with van der Waals surface area (Å²) < 4.78 is 65.1. The van der Waals surface area contributed by atoms with E-state index < -0.39 is 46.9 Å². The van der Waals surface area contributed by atoms with E-state index in [0.717, 1.165) is 24.3 Å². The van der Waals surface area contributed by atoms with Crippen molar-refractivity contribution in [3.63, 3.8) is 0 Å². The van der Waals surface area contributed by atoms with Crippen molar-refractivity contribution in [1.29, 1.82) is 5.26 Å². The van der Waals surface area contributed by atoms with Crippen LogP contribution in [0.5, 0.6) is 0 Å². The van der Waals surface area contributed by atoms with Gasteiger partial charge in [-0.05, 0) is 17.7 Å². The molecule has 1 aromatic carbocycles. The van der Waals surface area contributed by atoms with Gasteiger partial charge in [0.15, 0.2) is 6.01 Å². The normalized spacial score (nSPS) is 15.9. The molecule has 3 atom stereocenters. The maximum atomic E-state index is 12.9. The largest absolute Gasteiger partial charge is 0.386 e. The van der Waals surface area contributed by atoms with Gasteiger partial charge in [0.05, 0.1) is 10.9 Å². The smallest absolute Gasteiger partial charge is 0.315 e. The lowest BCUT2D eigenvalue weighted by Gasteiger charge is -2.22. The molecular formula is C13H13F4N3O3S. The first-order valence-electron chi connectivity index (χ1n) is 6.40. The second-order valence-corrected chi connectivity index (χ2v) is 6.68. The molecule has 0 aromatic heterocycles. The van der Waals surface area contributed by atoms with Crippen LogP contribution in [0.25, 0.3) is 0 Å². The van der Waals surface area contributed by atoms with Crippen molar-refractivity contribution >= 4 is 15.6 Å². The molecule has 0 saturated heterocycles. The van der Waals surface area contributed by atoms with Crippen LogP contribution in [0, 0.1) is 11.5 Å². The first kappa shape index (κ1) is 19.9. The molecule has 11 heteroatoms. The molecule has 2 N–H and O–H groups in total. The van der Waals surface area contributed by atoms with E-state index in [1.165, 1.54) is 6.19 Å². The Labute approximate surface area is 135 Å². The highest BCUT2D eigenvalue weighted by Gasteiger charge is 2.26. The molecule has 1 rings (SSSR count). The Morgan fingerprint density at radius 2 is 1.92 bits per heavy atom. The molecule has 0 fully saturated rings. The van der Waals surface area contributed by atoms with E-state index in [0.29, 0.717) is 0 Å². The van der Waals surface area contributed by atoms with Crippen LogP contribution in [0.1, 0.15) is 11.7 Å². The number of hydrogen-bond donors (Lipinski definition) is 2. The number of carbonyl (C=O) groups excluding carboxylic acids is 1. The molecule has 1 aromatic rings. The Kier molecular flexibility index (Phi) is 7.12. The summed E-state index contributed by atoms with van der Waals surface area (Å²) in [4.78, 5) is 10.8. The third kappa shape index (κ3) is 4.65. The summed E-state index contributed by atoms with van der Waals surface area (Å²) in [5, 5.41) is 20.0. The lowest BCUT2D eigenvalue weighted by molar-refractivity contribution is -0.133. The van der Waals surface area contributed by atoms with Gasteiger partial charge in [-0.3, -0.25) is 4.79 Å². The molecule has 0 bridgehead atoms. The average Bonchev–Trinajstić information content (AvgIpc) is 2.58. The van der Waals surface area contributed by atoms with Gasteiger partial charge < -0.3 is 10.4 Å². The Morgan fingerprint density at radius 1 is 1.33 bits per heavy atom. The van der Waals surface area contributed by atoms with Crippen molar-refractivity contribution in [2.24, 2.45) is 4.36 Å². The van der Waals surface area contributed by atoms with Crippen LogP contribution >= 0.6 is 0 Å². The van der Waals surface area contributed by atoms with E-state index in [1.807, 2.05) is 0 Å². The zero-order valence-corrected chi connectivity index (χ0v) is 12.9. The van der Waals surface area contributed by atoms with Crippen molar-refractivity contribution in [1.82, 2.24) is 5.32 Å². The average molecular weight is 367 g/mol. The molecule has 0 saturated carbocycles. The Morgan fingerprint density at radius 3 is 2.33 bits per heavy atom. The molecule has 0 heterocycles. The van der Waals surface area contributed by atoms with E-state index in [1.54, 1.807) is 5.32 Å². The molecule has 0 spiro atoms. The molecule has 0 radical (unpaired) electrons. The van der Waals surface area contributed by atoms with Crippen molar-refractivity contribution in [2.45, 2.75) is 23.5 Å². The molecule has 6 nitrogen and oxygen atoms in total. The van der Waals surface area contributed by atoms with Crippen molar-refractivity contribution < 1.29 is 31.7 Å². The van der Waals surface area contributed by atoms with Crippen molar-refractivity contribution in [3.05, 3.63) is 29.8 Å². The molecule has 0 aliphatic heterocycles. The standard InChI is InChI=1S/C13H13F4N3O3S/c14-5-10(20-13(22)12(16)17)11(21)8-1-3-9(4-2-8)24(23,6-15)19-7-18/h1-4,10-12,21H,5-6H2,(H,20,22)/t10-,11-,24?/m0/s1. The predicted molar refractivity (Wildman–Crippen MR) is 75.7 cm³/mol. The summed E-state index contributed by atoms with van der Waals surface area (Å²) in [5.41, 5.74) is 0.00790. The van der Waals surface area contributed by atoms with Crippen LogP contribution in [-0.4, -0.2) is 40.4 Å². The zero-order valence-electron chi connectivity index (χ0n) is 12.0. The highest BCUT2D eigenvalue weighted by molar-refractivity contribution is 7.93. The molecule has 0 aliphatic rings. The summed E-state index contributed by atoms with van der Waals surface area (Å²) >= 11 is 0. The van der Waals surface area contributed by atoms with Crippen LogP contribution in [0.3, 0.4) is 0 Å². The number of hydrogen-bond acceptors (Lipinski definition) is 5. The van der Waals surface area contributed by atoms with Gasteiger partial charge in [-0.2, -0.15) is 14.0 Å². The topological polar surface area (TPSA) is 103 Å². The van der Waals surface area contributed by atoms with Gasteiger partial charge in [-0.15, -0.1) is 4.36 Å². The first-order chi connectivity index (χ1) is 11.3. The van der Waals surface area contributed by atoms with Crippen LogP contribution < -0.4 is 5.32 Å².